The van der Waals surface area contributed by atoms with Gasteiger partial charge in [0.25, 0.3) is 5.91 Å². The summed E-state index contributed by atoms with van der Waals surface area (Å²) in [6, 6.07) is 1.99. The van der Waals surface area contributed by atoms with E-state index < -0.39 is 0 Å². The van der Waals surface area contributed by atoms with E-state index in [1.165, 1.54) is 24.2 Å². The number of anilines is 1. The van der Waals surface area contributed by atoms with Crippen LogP contribution in [-0.2, 0) is 0 Å². The monoisotopic (exact) mass is 289 g/mol. The highest BCUT2D eigenvalue weighted by Crippen LogP contribution is 2.35. The molecule has 1 amide bonds. The van der Waals surface area contributed by atoms with Crippen LogP contribution in [0.5, 0.6) is 0 Å². The average Bonchev–Trinajstić information content (AvgIpc) is 3.13. The molecule has 2 aromatic heterocycles. The highest BCUT2D eigenvalue weighted by atomic mass is 32.1. The van der Waals surface area contributed by atoms with E-state index in [0.29, 0.717) is 10.6 Å². The second-order valence-electron chi connectivity index (χ2n) is 5.55. The van der Waals surface area contributed by atoms with Crippen LogP contribution in [0.1, 0.15) is 40.3 Å². The van der Waals surface area contributed by atoms with Gasteiger partial charge in [0.05, 0.1) is 5.69 Å². The lowest BCUT2D eigenvalue weighted by Gasteiger charge is -2.03. The van der Waals surface area contributed by atoms with Gasteiger partial charge in [-0.3, -0.25) is 9.78 Å². The maximum absolute atomic E-state index is 12.2. The maximum atomic E-state index is 12.2. The molecule has 0 saturated heterocycles. The lowest BCUT2D eigenvalue weighted by Crippen LogP contribution is -2.24. The van der Waals surface area contributed by atoms with Gasteiger partial charge < -0.3 is 11.1 Å². The van der Waals surface area contributed by atoms with Crippen molar-refractivity contribution in [2.24, 2.45) is 5.92 Å². The van der Waals surface area contributed by atoms with Gasteiger partial charge in [-0.2, -0.15) is 0 Å². The number of nitrogens with one attached hydrogen (secondary N) is 1. The number of carbonyl (C=O) groups excluding carboxylic acids is 1. The molecule has 1 saturated carbocycles. The van der Waals surface area contributed by atoms with Gasteiger partial charge in [0, 0.05) is 28.0 Å². The van der Waals surface area contributed by atoms with E-state index >= 15 is 0 Å². The minimum absolute atomic E-state index is 0.0543. The first-order valence-electron chi connectivity index (χ1n) is 7.00. The van der Waals surface area contributed by atoms with Gasteiger partial charge >= 0.3 is 0 Å². The van der Waals surface area contributed by atoms with Gasteiger partial charge in [0.2, 0.25) is 0 Å². The molecule has 0 atom stereocenters. The molecule has 2 heterocycles. The van der Waals surface area contributed by atoms with Gasteiger partial charge in [-0.1, -0.05) is 12.8 Å². The van der Waals surface area contributed by atoms with Crippen LogP contribution in [0, 0.1) is 19.8 Å². The molecule has 3 N–H and O–H groups in total. The number of hydrogen-bond donors (Lipinski definition) is 2. The van der Waals surface area contributed by atoms with E-state index in [9.17, 15) is 4.79 Å². The predicted molar refractivity (Wildman–Crippen MR) is 83.2 cm³/mol. The molecule has 0 bridgehead atoms. The summed E-state index contributed by atoms with van der Waals surface area (Å²) in [6.07, 6.45) is 3.70. The third kappa shape index (κ3) is 2.50. The molecule has 3 rings (SSSR count). The van der Waals surface area contributed by atoms with Crippen molar-refractivity contribution in [2.45, 2.75) is 33.1 Å². The quantitative estimate of drug-likeness (QED) is 0.909. The molecule has 106 valence electrons. The topological polar surface area (TPSA) is 68.0 Å². The Hall–Kier alpha value is -1.62. The predicted octanol–water partition coefficient (Wildman–Crippen LogP) is 3.03. The summed E-state index contributed by atoms with van der Waals surface area (Å²) in [5, 5.41) is 3.90. The summed E-state index contributed by atoms with van der Waals surface area (Å²) in [5.74, 6) is 0.769. The third-order valence-electron chi connectivity index (χ3n) is 3.76. The summed E-state index contributed by atoms with van der Waals surface area (Å²) < 4.78 is 1.04. The highest BCUT2D eigenvalue weighted by Gasteiger charge is 2.22. The summed E-state index contributed by atoms with van der Waals surface area (Å²) in [4.78, 5) is 17.3. The molecule has 5 heteroatoms. The molecule has 1 aliphatic rings. The summed E-state index contributed by atoms with van der Waals surface area (Å²) >= 11 is 1.46. The summed E-state index contributed by atoms with van der Waals surface area (Å²) in [5.41, 5.74) is 8.56. The molecule has 0 aliphatic heterocycles. The molecule has 0 radical (unpaired) electrons. The number of carbonyl (C=O) groups is 1. The van der Waals surface area contributed by atoms with Crippen molar-refractivity contribution in [1.82, 2.24) is 10.3 Å². The summed E-state index contributed by atoms with van der Waals surface area (Å²) in [6.45, 7) is 4.64. The zero-order valence-electron chi connectivity index (χ0n) is 11.8. The Morgan fingerprint density at radius 2 is 2.25 bits per heavy atom. The van der Waals surface area contributed by atoms with E-state index in [4.69, 9.17) is 5.73 Å². The Kier molecular flexibility index (Phi) is 3.38. The fourth-order valence-corrected chi connectivity index (χ4v) is 3.71. The van der Waals surface area contributed by atoms with E-state index in [1.54, 1.807) is 0 Å². The molecule has 0 spiro atoms. The minimum Gasteiger partial charge on any atom is -0.397 e. The Bertz CT molecular complexity index is 673. The van der Waals surface area contributed by atoms with Crippen molar-refractivity contribution in [3.8, 4) is 0 Å². The minimum atomic E-state index is -0.0543. The van der Waals surface area contributed by atoms with Crippen LogP contribution in [0.4, 0.5) is 5.69 Å². The number of pyridine rings is 1. The van der Waals surface area contributed by atoms with Crippen LogP contribution in [0.25, 0.3) is 10.1 Å². The largest absolute Gasteiger partial charge is 0.397 e. The first-order chi connectivity index (χ1) is 9.56. The average molecular weight is 289 g/mol. The molecule has 20 heavy (non-hydrogen) atoms. The van der Waals surface area contributed by atoms with Gasteiger partial charge in [0.15, 0.2) is 0 Å². The highest BCUT2D eigenvalue weighted by molar-refractivity contribution is 7.21. The van der Waals surface area contributed by atoms with Crippen LogP contribution in [-0.4, -0.2) is 17.4 Å². The van der Waals surface area contributed by atoms with Crippen LogP contribution in [0.3, 0.4) is 0 Å². The zero-order chi connectivity index (χ0) is 14.3. The van der Waals surface area contributed by atoms with Crippen LogP contribution in [0.2, 0.25) is 0 Å². The van der Waals surface area contributed by atoms with Crippen molar-refractivity contribution >= 4 is 33.0 Å². The SMILES string of the molecule is Cc1cc2sc(C(=O)NCCC3CC3)c(N)c2c(C)n1. The lowest BCUT2D eigenvalue weighted by molar-refractivity contribution is 0.0957. The van der Waals surface area contributed by atoms with Crippen molar-refractivity contribution < 1.29 is 4.79 Å². The number of thiophene rings is 1. The van der Waals surface area contributed by atoms with Crippen molar-refractivity contribution in [2.75, 3.05) is 12.3 Å². The molecular formula is C15H19N3OS. The van der Waals surface area contributed by atoms with Gasteiger partial charge in [-0.25, -0.2) is 0 Å². The molecule has 1 fully saturated rings. The molecule has 0 aromatic carbocycles. The fourth-order valence-electron chi connectivity index (χ4n) is 2.52. The number of nitrogen functional groups attached to an aromatic ring is 1. The molecule has 4 nitrogen and oxygen atoms in total. The Morgan fingerprint density at radius 3 is 2.95 bits per heavy atom. The van der Waals surface area contributed by atoms with Crippen molar-refractivity contribution in [3.05, 3.63) is 22.3 Å². The van der Waals surface area contributed by atoms with Gasteiger partial charge in [-0.05, 0) is 32.3 Å². The molecule has 2 aromatic rings. The number of aromatic nitrogens is 1. The number of fused-ring (bicyclic) bond motifs is 1. The second kappa shape index (κ2) is 5.05. The number of aryl methyl sites for hydroxylation is 2. The van der Waals surface area contributed by atoms with Gasteiger partial charge in [0.1, 0.15) is 4.88 Å². The number of amides is 1. The van der Waals surface area contributed by atoms with Crippen LogP contribution in [0.15, 0.2) is 6.07 Å². The number of nitrogens with zero attached hydrogens (tertiary/aromatic N) is 1. The Morgan fingerprint density at radius 1 is 1.50 bits per heavy atom. The standard InChI is InChI=1S/C15H19N3OS/c1-8-7-11-12(9(2)18-8)13(16)14(20-11)15(19)17-6-5-10-3-4-10/h7,10H,3-6,16H2,1-2H3,(H,17,19). The van der Waals surface area contributed by atoms with E-state index in [-0.39, 0.29) is 5.91 Å². The van der Waals surface area contributed by atoms with E-state index in [1.807, 2.05) is 19.9 Å². The zero-order valence-corrected chi connectivity index (χ0v) is 12.6. The Labute approximate surface area is 122 Å². The maximum Gasteiger partial charge on any atom is 0.263 e. The van der Waals surface area contributed by atoms with E-state index in [0.717, 1.165) is 40.4 Å². The lowest BCUT2D eigenvalue weighted by atomic mass is 10.2. The number of rotatable bonds is 4. The molecule has 0 unspecified atom stereocenters. The van der Waals surface area contributed by atoms with E-state index in [2.05, 4.69) is 10.3 Å². The molecule has 1 aliphatic carbocycles. The van der Waals surface area contributed by atoms with Crippen molar-refractivity contribution in [3.63, 3.8) is 0 Å². The van der Waals surface area contributed by atoms with Crippen LogP contribution < -0.4 is 11.1 Å². The smallest absolute Gasteiger partial charge is 0.263 e. The molecular weight excluding hydrogens is 270 g/mol. The van der Waals surface area contributed by atoms with Gasteiger partial charge in [-0.15, -0.1) is 11.3 Å². The van der Waals surface area contributed by atoms with Crippen LogP contribution >= 0.6 is 11.3 Å². The third-order valence-corrected chi connectivity index (χ3v) is 4.91. The number of hydrogen-bond acceptors (Lipinski definition) is 4. The fraction of sp³-hybridized carbons (Fsp3) is 0.467. The van der Waals surface area contributed by atoms with Crippen molar-refractivity contribution in [1.29, 1.82) is 0 Å². The second-order valence-corrected chi connectivity index (χ2v) is 6.61. The first kappa shape index (κ1) is 13.4. The first-order valence-corrected chi connectivity index (χ1v) is 7.82. The number of nitrogens with two attached hydrogens (primary N) is 1. The Balaban J connectivity index is 1.84. The normalized spacial score (nSPS) is 14.7. The summed E-state index contributed by atoms with van der Waals surface area (Å²) in [7, 11) is 0.